The number of primary amides is 2. The first-order valence-electron chi connectivity index (χ1n) is 35.9. The molecule has 1 aliphatic heterocycles. The number of hydrogen-bond donors (Lipinski definition) is 17. The summed E-state index contributed by atoms with van der Waals surface area (Å²) in [6.07, 6.45) is 5.63. The summed E-state index contributed by atoms with van der Waals surface area (Å²) in [7, 11) is 0. The molecule has 0 unspecified atom stereocenters. The SMILES string of the molecule is CSCC[C@H](NC(=O)[C@H](CC(C)C)NC(=O)[C@H](Cc1cnc[nH]1)NC(=O)CNC(=O)[C@@H](NC(=O)[C@H](C)NC(=O)[C@H](Cc1c[nH]c2ccccc12)NC(=O)[C@H](CCC(N)=O)NC(=O)c1cccc2cc(NC(=O)CNC(=O)CN3CCN(CC(=O)O)CCN(CC(=O)O)CCN(CC(=O)O)CC3)ccc12)C(C)C)C(N)=O. The molecule has 0 radical (unpaired) electrons. The maximum absolute atomic E-state index is 14.6. The van der Waals surface area contributed by atoms with E-state index >= 15 is 0 Å². The number of nitrogens with one attached hydrogen (secondary N) is 12. The fraction of sp³-hybridized carbons (Fsp3) is 0.500. The Balaban J connectivity index is 1.10. The summed E-state index contributed by atoms with van der Waals surface area (Å²) in [5.41, 5.74) is 13.1. The van der Waals surface area contributed by atoms with Gasteiger partial charge in [0, 0.05) is 112 Å². The van der Waals surface area contributed by atoms with Crippen molar-refractivity contribution in [2.24, 2.45) is 23.3 Å². The molecular weight excluding hydrogens is 1450 g/mol. The highest BCUT2D eigenvalue weighted by Gasteiger charge is 2.35. The molecule has 6 rings (SSSR count). The van der Waals surface area contributed by atoms with E-state index < -0.39 is 157 Å². The van der Waals surface area contributed by atoms with Crippen molar-refractivity contribution in [2.45, 2.75) is 115 Å². The minimum absolute atomic E-state index is 0.0536. The number of H-pyrrole nitrogens is 2. The van der Waals surface area contributed by atoms with Crippen LogP contribution in [0.2, 0.25) is 0 Å². The van der Waals surface area contributed by atoms with Gasteiger partial charge >= 0.3 is 17.9 Å². The number of anilines is 1. The van der Waals surface area contributed by atoms with E-state index in [1.807, 2.05) is 20.1 Å². The summed E-state index contributed by atoms with van der Waals surface area (Å²) < 4.78 is 0. The smallest absolute Gasteiger partial charge is 0.317 e. The van der Waals surface area contributed by atoms with Crippen molar-refractivity contribution >= 4 is 128 Å². The summed E-state index contributed by atoms with van der Waals surface area (Å²) >= 11 is 1.45. The van der Waals surface area contributed by atoms with E-state index in [-0.39, 0.29) is 128 Å². The average Bonchev–Trinajstić information content (AvgIpc) is 1.03. The van der Waals surface area contributed by atoms with Gasteiger partial charge in [0.2, 0.25) is 65.0 Å². The Kier molecular flexibility index (Phi) is 35.0. The topological polar surface area (TPSA) is 547 Å². The van der Waals surface area contributed by atoms with E-state index in [0.717, 1.165) is 0 Å². The normalized spacial score (nSPS) is 15.3. The first-order chi connectivity index (χ1) is 52.2. The van der Waals surface area contributed by atoms with Crippen molar-refractivity contribution in [1.29, 1.82) is 0 Å². The molecule has 19 N–H and O–H groups in total. The highest BCUT2D eigenvalue weighted by molar-refractivity contribution is 7.98. The molecule has 1 saturated heterocycles. The molecule has 12 amide bonds. The van der Waals surface area contributed by atoms with E-state index in [1.165, 1.54) is 49.4 Å². The molecular formula is C72H101N19O18S. The van der Waals surface area contributed by atoms with Crippen molar-refractivity contribution in [3.8, 4) is 0 Å². The van der Waals surface area contributed by atoms with Crippen LogP contribution in [0.3, 0.4) is 0 Å². The van der Waals surface area contributed by atoms with Gasteiger partial charge in [-0.15, -0.1) is 0 Å². The Morgan fingerprint density at radius 1 is 0.536 bits per heavy atom. The number of aromatic nitrogens is 3. The van der Waals surface area contributed by atoms with Crippen LogP contribution < -0.4 is 64.6 Å². The average molecular weight is 1550 g/mol. The Labute approximate surface area is 638 Å². The molecule has 7 atom stereocenters. The van der Waals surface area contributed by atoms with Crippen molar-refractivity contribution in [2.75, 3.05) is 109 Å². The summed E-state index contributed by atoms with van der Waals surface area (Å²) in [4.78, 5) is 215. The van der Waals surface area contributed by atoms with Gasteiger partial charge < -0.3 is 89.9 Å². The number of imidazole rings is 1. The highest BCUT2D eigenvalue weighted by atomic mass is 32.2. The fourth-order valence-electron chi connectivity index (χ4n) is 12.1. The van der Waals surface area contributed by atoms with Crippen molar-refractivity contribution < 1.29 is 87.2 Å². The predicted molar refractivity (Wildman–Crippen MR) is 405 cm³/mol. The summed E-state index contributed by atoms with van der Waals surface area (Å²) in [5, 5.41) is 56.4. The van der Waals surface area contributed by atoms with Crippen LogP contribution in [-0.4, -0.2) is 285 Å². The number of aliphatic carboxylic acids is 3. The number of nitrogens with zero attached hydrogens (tertiary/aromatic N) is 5. The van der Waals surface area contributed by atoms with E-state index in [4.69, 9.17) is 11.5 Å². The summed E-state index contributed by atoms with van der Waals surface area (Å²) in [6.45, 7) is 7.14. The van der Waals surface area contributed by atoms with E-state index in [1.54, 1.807) is 82.1 Å². The lowest BCUT2D eigenvalue weighted by Crippen LogP contribution is -2.59. The van der Waals surface area contributed by atoms with Crippen LogP contribution in [0.1, 0.15) is 81.9 Å². The Bertz CT molecular complexity index is 4030. The molecule has 3 heterocycles. The lowest BCUT2D eigenvalue weighted by atomic mass is 10.0. The Hall–Kier alpha value is -11.1. The number of carbonyl (C=O) groups excluding carboxylic acids is 12. The van der Waals surface area contributed by atoms with Gasteiger partial charge in [-0.05, 0) is 90.6 Å². The first kappa shape index (κ1) is 87.8. The molecule has 0 spiro atoms. The van der Waals surface area contributed by atoms with Crippen molar-refractivity contribution in [3.05, 3.63) is 96.2 Å². The van der Waals surface area contributed by atoms with Gasteiger partial charge in [-0.1, -0.05) is 64.1 Å². The number of aromatic amines is 2. The monoisotopic (exact) mass is 1550 g/mol. The lowest BCUT2D eigenvalue weighted by Gasteiger charge is -2.32. The molecule has 0 bridgehead atoms. The maximum Gasteiger partial charge on any atom is 0.317 e. The van der Waals surface area contributed by atoms with Gasteiger partial charge in [0.25, 0.3) is 5.91 Å². The molecule has 1 aliphatic rings. The maximum atomic E-state index is 14.6. The van der Waals surface area contributed by atoms with Crippen LogP contribution in [0.5, 0.6) is 0 Å². The Morgan fingerprint density at radius 3 is 1.67 bits per heavy atom. The van der Waals surface area contributed by atoms with Crippen LogP contribution in [-0.2, 0) is 80.0 Å². The van der Waals surface area contributed by atoms with Gasteiger partial charge in [-0.2, -0.15) is 11.8 Å². The summed E-state index contributed by atoms with van der Waals surface area (Å²) in [5.74, 6) is -12.8. The largest absolute Gasteiger partial charge is 0.480 e. The minimum Gasteiger partial charge on any atom is -0.480 e. The second-order valence-corrected chi connectivity index (χ2v) is 28.5. The number of carboxylic acid groups (broad SMARTS) is 3. The van der Waals surface area contributed by atoms with Gasteiger partial charge in [0.05, 0.1) is 45.6 Å². The second-order valence-electron chi connectivity index (χ2n) is 27.5. The number of nitrogens with two attached hydrogens (primary N) is 2. The number of para-hydroxylation sites is 1. The number of carboxylic acids is 3. The number of thioether (sulfide) groups is 1. The highest BCUT2D eigenvalue weighted by Crippen LogP contribution is 2.24. The number of rotatable bonds is 41. The Morgan fingerprint density at radius 2 is 1.10 bits per heavy atom. The van der Waals surface area contributed by atoms with E-state index in [9.17, 15) is 87.2 Å². The number of amides is 12. The molecule has 0 aliphatic carbocycles. The van der Waals surface area contributed by atoms with Gasteiger partial charge in [0.1, 0.15) is 42.3 Å². The minimum atomic E-state index is -1.51. The third kappa shape index (κ3) is 29.5. The summed E-state index contributed by atoms with van der Waals surface area (Å²) in [6, 6.07) is 7.24. The molecule has 37 nitrogen and oxygen atoms in total. The molecule has 598 valence electrons. The molecule has 3 aromatic carbocycles. The van der Waals surface area contributed by atoms with Crippen LogP contribution >= 0.6 is 11.8 Å². The molecule has 1 fully saturated rings. The predicted octanol–water partition coefficient (Wildman–Crippen LogP) is -2.59. The zero-order chi connectivity index (χ0) is 80.7. The van der Waals surface area contributed by atoms with Crippen LogP contribution in [0, 0.1) is 11.8 Å². The third-order valence-electron chi connectivity index (χ3n) is 17.9. The molecule has 38 heteroatoms. The van der Waals surface area contributed by atoms with Crippen molar-refractivity contribution in [1.82, 2.24) is 82.4 Å². The molecule has 5 aromatic rings. The van der Waals surface area contributed by atoms with Gasteiger partial charge in [0.15, 0.2) is 0 Å². The standard InChI is InChI=1S/C72H101N19O18S/c1-41(2)28-54(70(107)83-52(65(74)102)18-27-110-6)85-71(108)56(31-47-33-75-40-79-47)82-59(94)35-78-72(109)64(42(3)4)87-66(103)43(5)80-69(106)55(30-45-32-76-51-13-8-7-11-49(45)51)86-68(105)53(16-17-57(73)92)84-67(104)50-12-9-10-44-29-46(14-15-48(44)50)81-58(93)34-77-60(95)36-88-19-21-89(37-61(96)97)23-25-91(39-63(100)101)26-24-90(22-20-88)38-62(98)99/h7-15,29,32-33,40-43,52-56,64,76H,16-28,30-31,34-39H2,1-6H3,(H2,73,92)(H2,74,102)(H,75,79)(H,77,95)(H,78,109)(H,80,106)(H,81,93)(H,82,94)(H,83,107)(H,84,104)(H,85,108)(H,86,105)(H,87,103)(H,96,97)(H,98,99)(H,100,101)/t43-,52-,53-,54-,55-,56-,64-/m0/s1. The zero-order valence-corrected chi connectivity index (χ0v) is 63.1. The first-order valence-corrected chi connectivity index (χ1v) is 37.3. The van der Waals surface area contributed by atoms with Crippen LogP contribution in [0.25, 0.3) is 21.7 Å². The second kappa shape index (κ2) is 43.8. The van der Waals surface area contributed by atoms with Crippen molar-refractivity contribution in [3.63, 3.8) is 0 Å². The lowest BCUT2D eigenvalue weighted by molar-refractivity contribution is -0.140. The number of fused-ring (bicyclic) bond motifs is 2. The zero-order valence-electron chi connectivity index (χ0n) is 62.3. The molecule has 0 saturated carbocycles. The number of benzene rings is 3. The fourth-order valence-corrected chi connectivity index (χ4v) is 12.6. The quantitative estimate of drug-likeness (QED) is 0.0191. The van der Waals surface area contributed by atoms with Crippen LogP contribution in [0.15, 0.2) is 79.4 Å². The third-order valence-corrected chi connectivity index (χ3v) is 18.6. The number of hydrogen-bond acceptors (Lipinski definition) is 21. The number of carbonyl (C=O) groups is 15. The van der Waals surface area contributed by atoms with Crippen LogP contribution in [0.4, 0.5) is 5.69 Å². The van der Waals surface area contributed by atoms with Gasteiger partial charge in [-0.3, -0.25) is 91.5 Å². The molecule has 2 aromatic heterocycles. The van der Waals surface area contributed by atoms with E-state index in [2.05, 4.69) is 68.1 Å². The molecule has 110 heavy (non-hydrogen) atoms. The van der Waals surface area contributed by atoms with E-state index in [0.29, 0.717) is 38.7 Å². The van der Waals surface area contributed by atoms with Gasteiger partial charge in [-0.25, -0.2) is 4.98 Å².